The molecule has 0 saturated heterocycles. The predicted molar refractivity (Wildman–Crippen MR) is 77.0 cm³/mol. The molecule has 0 amide bonds. The van der Waals surface area contributed by atoms with Gasteiger partial charge in [0.05, 0.1) is 0 Å². The second kappa shape index (κ2) is 14.5. The molecule has 1 radical (unpaired) electrons. The monoisotopic (exact) mass is 229 g/mol. The fourth-order valence-corrected chi connectivity index (χ4v) is 2.79. The zero-order valence-electron chi connectivity index (χ0n) is 12.0. The van der Waals surface area contributed by atoms with Gasteiger partial charge in [0.2, 0.25) is 15.2 Å². The molecule has 0 nitrogen and oxygen atoms in total. The zero-order valence-corrected chi connectivity index (χ0v) is 13.1. The van der Waals surface area contributed by atoms with Crippen LogP contribution in [0.3, 0.4) is 0 Å². The SMILES string of the molecule is CC(C)[CH2][Al][CH2]C(C)C.CCCCCC.[HH]. The standard InChI is InChI=1S/C6H14.2C4H9.Al.H2/c1-3-5-6-4-2;2*1-4(2)3;;/h3-6H2,1-2H3;2*4H,1H2,2-3H3;;1H. The first-order chi connectivity index (χ1) is 7.04. The van der Waals surface area contributed by atoms with Crippen molar-refractivity contribution in [3.63, 3.8) is 0 Å². The molecule has 0 fully saturated rings. The van der Waals surface area contributed by atoms with E-state index >= 15 is 0 Å². The summed E-state index contributed by atoms with van der Waals surface area (Å²) in [5.74, 6) is 1.86. The van der Waals surface area contributed by atoms with Crippen molar-refractivity contribution < 1.29 is 1.43 Å². The molecule has 0 rings (SSSR count). The minimum Gasteiger partial charge on any atom is -0.102 e. The third kappa shape index (κ3) is 25.1. The largest absolute Gasteiger partial charge is 0.200 e. The van der Waals surface area contributed by atoms with Gasteiger partial charge in [0.25, 0.3) is 0 Å². The summed E-state index contributed by atoms with van der Waals surface area (Å²) in [6.07, 6.45) is 5.54. The molecule has 0 heterocycles. The van der Waals surface area contributed by atoms with E-state index in [4.69, 9.17) is 0 Å². The summed E-state index contributed by atoms with van der Waals surface area (Å²) >= 11 is 0.755. The zero-order chi connectivity index (χ0) is 12.1. The highest BCUT2D eigenvalue weighted by Crippen LogP contribution is 2.05. The maximum Gasteiger partial charge on any atom is 0.200 e. The van der Waals surface area contributed by atoms with E-state index in [9.17, 15) is 0 Å². The predicted octanol–water partition coefficient (Wildman–Crippen LogP) is 5.67. The summed E-state index contributed by atoms with van der Waals surface area (Å²) in [7, 11) is 0. The minimum atomic E-state index is 0. The first kappa shape index (κ1) is 17.9. The Kier molecular flexibility index (Phi) is 17.4. The maximum atomic E-state index is 2.31. The lowest BCUT2D eigenvalue weighted by Gasteiger charge is -2.03. The molecule has 0 aliphatic carbocycles. The first-order valence-electron chi connectivity index (χ1n) is 6.86. The van der Waals surface area contributed by atoms with Crippen molar-refractivity contribution in [2.24, 2.45) is 11.8 Å². The van der Waals surface area contributed by atoms with E-state index in [0.29, 0.717) is 0 Å². The van der Waals surface area contributed by atoms with Crippen molar-refractivity contribution in [1.29, 1.82) is 0 Å². The van der Waals surface area contributed by atoms with E-state index in [-0.39, 0.29) is 1.43 Å². The Hall–Kier alpha value is 0.532. The Balaban J connectivity index is -0.000000214. The van der Waals surface area contributed by atoms with Gasteiger partial charge in [-0.25, -0.2) is 0 Å². The Morgan fingerprint density at radius 3 is 1.33 bits per heavy atom. The van der Waals surface area contributed by atoms with Gasteiger partial charge in [0.1, 0.15) is 0 Å². The number of rotatable bonds is 7. The van der Waals surface area contributed by atoms with E-state index in [2.05, 4.69) is 41.5 Å². The van der Waals surface area contributed by atoms with Gasteiger partial charge in [-0.1, -0.05) is 79.1 Å². The second-order valence-corrected chi connectivity index (χ2v) is 6.78. The molecule has 0 aliphatic heterocycles. The third-order valence-electron chi connectivity index (χ3n) is 2.23. The Morgan fingerprint density at radius 1 is 0.800 bits per heavy atom. The van der Waals surface area contributed by atoms with Crippen molar-refractivity contribution in [2.45, 2.75) is 77.8 Å². The van der Waals surface area contributed by atoms with Crippen LogP contribution in [0.4, 0.5) is 0 Å². The second-order valence-electron chi connectivity index (χ2n) is 5.25. The fraction of sp³-hybridized carbons (Fsp3) is 1.00. The normalized spacial score (nSPS) is 10.1. The van der Waals surface area contributed by atoms with Crippen LogP contribution in [0.15, 0.2) is 0 Å². The fourth-order valence-electron chi connectivity index (χ4n) is 1.26. The van der Waals surface area contributed by atoms with Gasteiger partial charge < -0.3 is 0 Å². The first-order valence-corrected chi connectivity index (χ1v) is 8.49. The van der Waals surface area contributed by atoms with Crippen LogP contribution >= 0.6 is 0 Å². The Bertz CT molecular complexity index is 90.9. The van der Waals surface area contributed by atoms with E-state index in [1.54, 1.807) is 0 Å². The lowest BCUT2D eigenvalue weighted by atomic mass is 10.2. The average molecular weight is 229 g/mol. The van der Waals surface area contributed by atoms with Gasteiger partial charge in [-0.2, -0.15) is 0 Å². The van der Waals surface area contributed by atoms with Gasteiger partial charge in [0.15, 0.2) is 0 Å². The molecule has 0 bridgehead atoms. The van der Waals surface area contributed by atoms with Crippen LogP contribution in [-0.2, 0) is 0 Å². The number of unbranched alkanes of at least 4 members (excludes halogenated alkanes) is 3. The molecule has 0 spiro atoms. The molecule has 0 atom stereocenters. The lowest BCUT2D eigenvalue weighted by molar-refractivity contribution is 0.700. The van der Waals surface area contributed by atoms with Crippen LogP contribution in [0.1, 0.15) is 68.7 Å². The topological polar surface area (TPSA) is 0 Å². The van der Waals surface area contributed by atoms with Crippen LogP contribution in [0.2, 0.25) is 10.6 Å². The molecule has 1 heteroatoms. The van der Waals surface area contributed by atoms with Crippen LogP contribution in [-0.4, -0.2) is 15.2 Å². The van der Waals surface area contributed by atoms with Crippen LogP contribution in [0.25, 0.3) is 0 Å². The van der Waals surface area contributed by atoms with Crippen molar-refractivity contribution >= 4 is 15.2 Å². The van der Waals surface area contributed by atoms with Gasteiger partial charge in [-0.15, -0.1) is 10.6 Å². The van der Waals surface area contributed by atoms with E-state index in [0.717, 1.165) is 27.1 Å². The van der Waals surface area contributed by atoms with Gasteiger partial charge in [-0.05, 0) is 0 Å². The molecule has 0 N–H and O–H groups in total. The summed E-state index contributed by atoms with van der Waals surface area (Å²) < 4.78 is 0. The summed E-state index contributed by atoms with van der Waals surface area (Å²) in [6, 6.07) is 0. The smallest absolute Gasteiger partial charge is 0.102 e. The molecule has 0 aromatic heterocycles. The molecular weight excluding hydrogens is 195 g/mol. The summed E-state index contributed by atoms with van der Waals surface area (Å²) in [5, 5.41) is 2.97. The summed E-state index contributed by atoms with van der Waals surface area (Å²) in [5.41, 5.74) is 0. The minimum absolute atomic E-state index is 0. The summed E-state index contributed by atoms with van der Waals surface area (Å²) in [4.78, 5) is 0. The van der Waals surface area contributed by atoms with Gasteiger partial charge >= 0.3 is 0 Å². The Labute approximate surface area is 106 Å². The molecule has 0 aliphatic rings. The molecular formula is C14H34Al. The van der Waals surface area contributed by atoms with Crippen molar-refractivity contribution in [3.05, 3.63) is 0 Å². The molecule has 0 aromatic rings. The van der Waals surface area contributed by atoms with Crippen molar-refractivity contribution in [2.75, 3.05) is 0 Å². The highest BCUT2D eigenvalue weighted by Gasteiger charge is 1.98. The van der Waals surface area contributed by atoms with E-state index in [1.807, 2.05) is 0 Å². The van der Waals surface area contributed by atoms with Gasteiger partial charge in [-0.3, -0.25) is 0 Å². The number of hydrogen-bond donors (Lipinski definition) is 0. The third-order valence-corrected chi connectivity index (χ3v) is 4.79. The quantitative estimate of drug-likeness (QED) is 0.389. The Morgan fingerprint density at radius 2 is 1.13 bits per heavy atom. The maximum absolute atomic E-state index is 2.31. The van der Waals surface area contributed by atoms with Crippen LogP contribution in [0.5, 0.6) is 0 Å². The lowest BCUT2D eigenvalue weighted by Crippen LogP contribution is -1.99. The van der Waals surface area contributed by atoms with Crippen molar-refractivity contribution in [1.82, 2.24) is 0 Å². The highest BCUT2D eigenvalue weighted by atomic mass is 27.1. The number of hydrogen-bond acceptors (Lipinski definition) is 0. The van der Waals surface area contributed by atoms with E-state index in [1.165, 1.54) is 36.2 Å². The van der Waals surface area contributed by atoms with Crippen LogP contribution < -0.4 is 0 Å². The van der Waals surface area contributed by atoms with E-state index < -0.39 is 0 Å². The average Bonchev–Trinajstić information content (AvgIpc) is 2.14. The molecule has 0 unspecified atom stereocenters. The molecule has 93 valence electrons. The summed E-state index contributed by atoms with van der Waals surface area (Å²) in [6.45, 7) is 13.7. The highest BCUT2D eigenvalue weighted by molar-refractivity contribution is 6.35. The molecule has 0 saturated carbocycles. The molecule has 15 heavy (non-hydrogen) atoms. The van der Waals surface area contributed by atoms with Crippen molar-refractivity contribution in [3.8, 4) is 0 Å². The molecule has 0 aromatic carbocycles. The van der Waals surface area contributed by atoms with Crippen LogP contribution in [0, 0.1) is 11.8 Å². The van der Waals surface area contributed by atoms with Gasteiger partial charge in [0, 0.05) is 1.43 Å².